The fraction of sp³-hybridized carbons (Fsp3) is 0.917. The number of hydrogen-bond donors (Lipinski definition) is 1. The molecule has 0 aromatic rings. The van der Waals surface area contributed by atoms with Crippen molar-refractivity contribution in [3.63, 3.8) is 0 Å². The highest BCUT2D eigenvalue weighted by Crippen LogP contribution is 2.25. The molecule has 2 unspecified atom stereocenters. The van der Waals surface area contributed by atoms with Gasteiger partial charge in [0, 0.05) is 20.1 Å². The van der Waals surface area contributed by atoms with Gasteiger partial charge in [0.1, 0.15) is 5.75 Å². The highest BCUT2D eigenvalue weighted by molar-refractivity contribution is 7.92. The molecule has 0 saturated heterocycles. The SMILES string of the molecule is CCNC1CCCCC1S(=O)(=O)CC(=O)N(C)C. The standard InChI is InChI=1S/C12H24N2O3S/c1-4-13-10-7-5-6-8-11(10)18(16,17)9-12(15)14(2)3/h10-11,13H,4-9H2,1-3H3. The van der Waals surface area contributed by atoms with Gasteiger partial charge in [-0.2, -0.15) is 0 Å². The Labute approximate surface area is 110 Å². The van der Waals surface area contributed by atoms with Crippen LogP contribution in [-0.4, -0.2) is 56.9 Å². The summed E-state index contributed by atoms with van der Waals surface area (Å²) in [6, 6.07) is 0.00344. The number of rotatable bonds is 5. The molecule has 1 rings (SSSR count). The summed E-state index contributed by atoms with van der Waals surface area (Å²) in [5.74, 6) is -0.706. The number of carbonyl (C=O) groups excluding carboxylic acids is 1. The Bertz CT molecular complexity index is 377. The lowest BCUT2D eigenvalue weighted by Gasteiger charge is -2.31. The van der Waals surface area contributed by atoms with Crippen molar-refractivity contribution in [2.45, 2.75) is 43.9 Å². The summed E-state index contributed by atoms with van der Waals surface area (Å²) in [6.45, 7) is 2.74. The number of nitrogens with zero attached hydrogens (tertiary/aromatic N) is 1. The maximum atomic E-state index is 12.3. The average Bonchev–Trinajstić information content (AvgIpc) is 2.29. The van der Waals surface area contributed by atoms with Gasteiger partial charge in [-0.25, -0.2) is 8.42 Å². The van der Waals surface area contributed by atoms with E-state index in [9.17, 15) is 13.2 Å². The van der Waals surface area contributed by atoms with Crippen molar-refractivity contribution in [3.05, 3.63) is 0 Å². The first-order valence-corrected chi connectivity index (χ1v) is 8.25. The number of carbonyl (C=O) groups is 1. The maximum absolute atomic E-state index is 12.3. The minimum absolute atomic E-state index is 0.00344. The van der Waals surface area contributed by atoms with E-state index >= 15 is 0 Å². The summed E-state index contributed by atoms with van der Waals surface area (Å²) in [6.07, 6.45) is 3.54. The third kappa shape index (κ3) is 3.95. The summed E-state index contributed by atoms with van der Waals surface area (Å²) in [7, 11) is -0.185. The van der Waals surface area contributed by atoms with E-state index in [1.807, 2.05) is 6.92 Å². The molecule has 106 valence electrons. The van der Waals surface area contributed by atoms with E-state index in [4.69, 9.17) is 0 Å². The Balaban J connectivity index is 2.77. The van der Waals surface area contributed by atoms with Gasteiger partial charge < -0.3 is 10.2 Å². The minimum Gasteiger partial charge on any atom is -0.348 e. The second-order valence-corrected chi connectivity index (χ2v) is 7.30. The van der Waals surface area contributed by atoms with E-state index in [1.54, 1.807) is 14.1 Å². The van der Waals surface area contributed by atoms with Crippen LogP contribution in [0.2, 0.25) is 0 Å². The predicted octanol–water partition coefficient (Wildman–Crippen LogP) is 0.410. The predicted molar refractivity (Wildman–Crippen MR) is 72.2 cm³/mol. The lowest BCUT2D eigenvalue weighted by Crippen LogP contribution is -2.48. The fourth-order valence-corrected chi connectivity index (χ4v) is 4.51. The van der Waals surface area contributed by atoms with Gasteiger partial charge in [0.25, 0.3) is 0 Å². The average molecular weight is 276 g/mol. The number of amides is 1. The molecular formula is C12H24N2O3S. The van der Waals surface area contributed by atoms with Crippen molar-refractivity contribution < 1.29 is 13.2 Å². The summed E-state index contributed by atoms with van der Waals surface area (Å²) in [5, 5.41) is 2.83. The maximum Gasteiger partial charge on any atom is 0.237 e. The van der Waals surface area contributed by atoms with Gasteiger partial charge >= 0.3 is 0 Å². The summed E-state index contributed by atoms with van der Waals surface area (Å²) >= 11 is 0. The first-order chi connectivity index (χ1) is 8.38. The molecule has 0 bridgehead atoms. The first kappa shape index (κ1) is 15.4. The molecule has 0 spiro atoms. The molecular weight excluding hydrogens is 252 g/mol. The van der Waals surface area contributed by atoms with Crippen LogP contribution in [0.4, 0.5) is 0 Å². The summed E-state index contributed by atoms with van der Waals surface area (Å²) in [4.78, 5) is 12.9. The zero-order valence-electron chi connectivity index (χ0n) is 11.5. The van der Waals surface area contributed by atoms with E-state index in [0.717, 1.165) is 25.8 Å². The van der Waals surface area contributed by atoms with Crippen LogP contribution in [0.15, 0.2) is 0 Å². The van der Waals surface area contributed by atoms with Crippen LogP contribution in [0.1, 0.15) is 32.6 Å². The topological polar surface area (TPSA) is 66.5 Å². The lowest BCUT2D eigenvalue weighted by atomic mass is 9.95. The molecule has 1 aliphatic rings. The monoisotopic (exact) mass is 276 g/mol. The van der Waals surface area contributed by atoms with Crippen molar-refractivity contribution >= 4 is 15.7 Å². The number of nitrogens with one attached hydrogen (secondary N) is 1. The van der Waals surface area contributed by atoms with Crippen molar-refractivity contribution in [2.75, 3.05) is 26.4 Å². The third-order valence-electron chi connectivity index (χ3n) is 3.45. The van der Waals surface area contributed by atoms with Crippen LogP contribution in [-0.2, 0) is 14.6 Å². The molecule has 1 fully saturated rings. The van der Waals surface area contributed by atoms with Gasteiger partial charge in [-0.15, -0.1) is 0 Å². The highest BCUT2D eigenvalue weighted by atomic mass is 32.2. The Kier molecular flexibility index (Phi) is 5.59. The lowest BCUT2D eigenvalue weighted by molar-refractivity contribution is -0.125. The molecule has 6 heteroatoms. The minimum atomic E-state index is -3.35. The summed E-state index contributed by atoms with van der Waals surface area (Å²) in [5.41, 5.74) is 0. The molecule has 0 aromatic heterocycles. The van der Waals surface area contributed by atoms with E-state index < -0.39 is 15.1 Å². The Morgan fingerprint density at radius 2 is 1.89 bits per heavy atom. The zero-order valence-corrected chi connectivity index (χ0v) is 12.3. The van der Waals surface area contributed by atoms with E-state index in [2.05, 4.69) is 5.32 Å². The summed E-state index contributed by atoms with van der Waals surface area (Å²) < 4.78 is 24.6. The van der Waals surface area contributed by atoms with Crippen molar-refractivity contribution in [1.29, 1.82) is 0 Å². The second kappa shape index (κ2) is 6.52. The molecule has 0 radical (unpaired) electrons. The van der Waals surface area contributed by atoms with Crippen molar-refractivity contribution in [1.82, 2.24) is 10.2 Å². The number of hydrogen-bond acceptors (Lipinski definition) is 4. The fourth-order valence-electron chi connectivity index (χ4n) is 2.43. The van der Waals surface area contributed by atoms with E-state index in [-0.39, 0.29) is 17.7 Å². The zero-order chi connectivity index (χ0) is 13.8. The smallest absolute Gasteiger partial charge is 0.237 e. The van der Waals surface area contributed by atoms with Crippen LogP contribution in [0.25, 0.3) is 0 Å². The van der Waals surface area contributed by atoms with E-state index in [1.165, 1.54) is 4.90 Å². The van der Waals surface area contributed by atoms with Gasteiger partial charge in [-0.3, -0.25) is 4.79 Å². The van der Waals surface area contributed by atoms with Gasteiger partial charge in [0.2, 0.25) is 5.91 Å². The van der Waals surface area contributed by atoms with Gasteiger partial charge in [-0.05, 0) is 19.4 Å². The normalized spacial score (nSPS) is 24.8. The molecule has 5 nitrogen and oxygen atoms in total. The van der Waals surface area contributed by atoms with Crippen molar-refractivity contribution in [3.8, 4) is 0 Å². The molecule has 1 amide bonds. The first-order valence-electron chi connectivity index (χ1n) is 6.53. The van der Waals surface area contributed by atoms with Crippen LogP contribution in [0, 0.1) is 0 Å². The molecule has 18 heavy (non-hydrogen) atoms. The molecule has 1 aliphatic carbocycles. The van der Waals surface area contributed by atoms with Crippen LogP contribution < -0.4 is 5.32 Å². The van der Waals surface area contributed by atoms with Gasteiger partial charge in [0.05, 0.1) is 5.25 Å². The third-order valence-corrected chi connectivity index (χ3v) is 5.59. The van der Waals surface area contributed by atoms with E-state index in [0.29, 0.717) is 6.42 Å². The van der Waals surface area contributed by atoms with Crippen LogP contribution in [0.5, 0.6) is 0 Å². The molecule has 0 heterocycles. The molecule has 0 aliphatic heterocycles. The molecule has 1 saturated carbocycles. The Hall–Kier alpha value is -0.620. The van der Waals surface area contributed by atoms with Crippen molar-refractivity contribution in [2.24, 2.45) is 0 Å². The highest BCUT2D eigenvalue weighted by Gasteiger charge is 2.36. The van der Waals surface area contributed by atoms with Gasteiger partial charge in [-0.1, -0.05) is 19.8 Å². The second-order valence-electron chi connectivity index (χ2n) is 5.08. The van der Waals surface area contributed by atoms with Crippen LogP contribution in [0.3, 0.4) is 0 Å². The Morgan fingerprint density at radius 3 is 2.44 bits per heavy atom. The van der Waals surface area contributed by atoms with Crippen LogP contribution >= 0.6 is 0 Å². The molecule has 1 N–H and O–H groups in total. The van der Waals surface area contributed by atoms with Gasteiger partial charge in [0.15, 0.2) is 9.84 Å². The molecule has 0 aromatic carbocycles. The largest absolute Gasteiger partial charge is 0.348 e. The Morgan fingerprint density at radius 1 is 1.28 bits per heavy atom. The quantitative estimate of drug-likeness (QED) is 0.790. The number of sulfone groups is 1. The molecule has 2 atom stereocenters.